The Morgan fingerprint density at radius 3 is 2.56 bits per heavy atom. The van der Waals surface area contributed by atoms with E-state index in [1.54, 1.807) is 24.3 Å². The zero-order chi connectivity index (χ0) is 23.9. The highest BCUT2D eigenvalue weighted by Crippen LogP contribution is 2.23. The van der Waals surface area contributed by atoms with Crippen LogP contribution in [0.2, 0.25) is 5.02 Å². The molecule has 0 atom stereocenters. The second kappa shape index (κ2) is 11.2. The number of aryl methyl sites for hydroxylation is 4. The second-order valence-electron chi connectivity index (χ2n) is 8.46. The van der Waals surface area contributed by atoms with E-state index in [1.165, 1.54) is 0 Å². The molecule has 1 aromatic heterocycles. The van der Waals surface area contributed by atoms with Crippen molar-refractivity contribution in [1.82, 2.24) is 14.9 Å². The summed E-state index contributed by atoms with van der Waals surface area (Å²) in [6.45, 7) is 6.21. The molecule has 1 heterocycles. The fourth-order valence-electron chi connectivity index (χ4n) is 4.17. The van der Waals surface area contributed by atoms with E-state index in [0.717, 1.165) is 59.5 Å². The molecule has 5 nitrogen and oxygen atoms in total. The monoisotopic (exact) mass is 475 g/mol. The summed E-state index contributed by atoms with van der Waals surface area (Å²) in [6.07, 6.45) is 2.46. The first-order chi connectivity index (χ1) is 16.5. The molecule has 176 valence electrons. The van der Waals surface area contributed by atoms with Gasteiger partial charge in [0.1, 0.15) is 11.6 Å². The van der Waals surface area contributed by atoms with Gasteiger partial charge >= 0.3 is 0 Å². The minimum Gasteiger partial charge on any atom is -0.493 e. The molecule has 3 aromatic carbocycles. The van der Waals surface area contributed by atoms with E-state index < -0.39 is 0 Å². The fraction of sp³-hybridized carbons (Fsp3) is 0.286. The number of halogens is 1. The molecular weight excluding hydrogens is 446 g/mol. The van der Waals surface area contributed by atoms with E-state index in [0.29, 0.717) is 23.7 Å². The number of fused-ring (bicyclic) bond motifs is 1. The van der Waals surface area contributed by atoms with Gasteiger partial charge in [-0.3, -0.25) is 4.79 Å². The first-order valence-electron chi connectivity index (χ1n) is 11.7. The summed E-state index contributed by atoms with van der Waals surface area (Å²) in [6, 6.07) is 21.4. The molecule has 1 N–H and O–H groups in total. The van der Waals surface area contributed by atoms with Crippen LogP contribution in [-0.4, -0.2) is 28.6 Å². The Kier molecular flexibility index (Phi) is 7.86. The Hall–Kier alpha value is -3.31. The van der Waals surface area contributed by atoms with E-state index in [-0.39, 0.29) is 5.91 Å². The second-order valence-corrected chi connectivity index (χ2v) is 8.90. The summed E-state index contributed by atoms with van der Waals surface area (Å²) < 4.78 is 8.38. The van der Waals surface area contributed by atoms with E-state index in [2.05, 4.69) is 48.0 Å². The lowest BCUT2D eigenvalue weighted by Gasteiger charge is -2.13. The van der Waals surface area contributed by atoms with E-state index in [4.69, 9.17) is 21.3 Å². The van der Waals surface area contributed by atoms with Crippen molar-refractivity contribution in [2.45, 2.75) is 39.7 Å². The Labute approximate surface area is 205 Å². The molecule has 4 aromatic rings. The van der Waals surface area contributed by atoms with Crippen LogP contribution < -0.4 is 10.1 Å². The van der Waals surface area contributed by atoms with Gasteiger partial charge in [-0.1, -0.05) is 48.0 Å². The predicted octanol–water partition coefficient (Wildman–Crippen LogP) is 6.14. The normalized spacial score (nSPS) is 11.0. The zero-order valence-corrected chi connectivity index (χ0v) is 20.4. The van der Waals surface area contributed by atoms with E-state index >= 15 is 0 Å². The molecule has 0 saturated heterocycles. The van der Waals surface area contributed by atoms with Gasteiger partial charge in [-0.15, -0.1) is 0 Å². The molecule has 0 saturated carbocycles. The lowest BCUT2D eigenvalue weighted by atomic mass is 10.1. The molecule has 0 aliphatic carbocycles. The van der Waals surface area contributed by atoms with E-state index in [1.807, 2.05) is 18.2 Å². The van der Waals surface area contributed by atoms with Crippen LogP contribution in [0.1, 0.15) is 40.2 Å². The molecule has 0 aliphatic rings. The summed E-state index contributed by atoms with van der Waals surface area (Å²) >= 11 is 5.99. The summed E-state index contributed by atoms with van der Waals surface area (Å²) in [7, 11) is 0. The number of ether oxygens (including phenoxy) is 1. The molecule has 4 rings (SSSR count). The van der Waals surface area contributed by atoms with Crippen molar-refractivity contribution < 1.29 is 9.53 Å². The third-order valence-corrected chi connectivity index (χ3v) is 6.10. The molecule has 1 amide bonds. The number of nitrogens with zero attached hydrogens (tertiary/aromatic N) is 2. The maximum Gasteiger partial charge on any atom is 0.251 e. The highest BCUT2D eigenvalue weighted by Gasteiger charge is 2.11. The molecule has 0 bridgehead atoms. The summed E-state index contributed by atoms with van der Waals surface area (Å²) in [4.78, 5) is 17.2. The first kappa shape index (κ1) is 23.8. The molecular formula is C28H30ClN3O2. The average molecular weight is 476 g/mol. The number of carbonyl (C=O) groups is 1. The Morgan fingerprint density at radius 1 is 1.00 bits per heavy atom. The van der Waals surface area contributed by atoms with Crippen molar-refractivity contribution in [3.8, 4) is 5.75 Å². The third kappa shape index (κ3) is 5.78. The number of imidazole rings is 1. The minimum atomic E-state index is -0.111. The van der Waals surface area contributed by atoms with Gasteiger partial charge in [0.2, 0.25) is 0 Å². The van der Waals surface area contributed by atoms with Gasteiger partial charge in [0.05, 0.1) is 17.6 Å². The van der Waals surface area contributed by atoms with Gasteiger partial charge in [0.15, 0.2) is 0 Å². The fourth-order valence-corrected chi connectivity index (χ4v) is 4.36. The number of amides is 1. The first-order valence-corrected chi connectivity index (χ1v) is 12.1. The van der Waals surface area contributed by atoms with Crippen molar-refractivity contribution >= 4 is 28.5 Å². The molecule has 6 heteroatoms. The SMILES string of the molecule is Cc1cccc(C)c1OCCCn1c(CCCNC(=O)c2cccc(Cl)c2)nc2ccccc21. The van der Waals surface area contributed by atoms with Crippen LogP contribution in [0.4, 0.5) is 0 Å². The highest BCUT2D eigenvalue weighted by atomic mass is 35.5. The lowest BCUT2D eigenvalue weighted by Crippen LogP contribution is -2.25. The van der Waals surface area contributed by atoms with Crippen LogP contribution >= 0.6 is 11.6 Å². The number of hydrogen-bond donors (Lipinski definition) is 1. The minimum absolute atomic E-state index is 0.111. The van der Waals surface area contributed by atoms with Gasteiger partial charge in [-0.25, -0.2) is 4.98 Å². The van der Waals surface area contributed by atoms with Gasteiger partial charge in [0.25, 0.3) is 5.91 Å². The van der Waals surface area contributed by atoms with Crippen molar-refractivity contribution in [2.75, 3.05) is 13.2 Å². The van der Waals surface area contributed by atoms with Crippen molar-refractivity contribution in [3.05, 3.63) is 94.3 Å². The number of carbonyl (C=O) groups excluding carboxylic acids is 1. The molecule has 0 radical (unpaired) electrons. The average Bonchev–Trinajstić information content (AvgIpc) is 3.18. The summed E-state index contributed by atoms with van der Waals surface area (Å²) in [5, 5.41) is 3.53. The van der Waals surface area contributed by atoms with Crippen LogP contribution in [0, 0.1) is 13.8 Å². The Balaban J connectivity index is 1.35. The van der Waals surface area contributed by atoms with Crippen molar-refractivity contribution in [3.63, 3.8) is 0 Å². The van der Waals surface area contributed by atoms with E-state index in [9.17, 15) is 4.79 Å². The predicted molar refractivity (Wildman–Crippen MR) is 138 cm³/mol. The number of hydrogen-bond acceptors (Lipinski definition) is 3. The molecule has 0 unspecified atom stereocenters. The van der Waals surface area contributed by atoms with Gasteiger partial charge in [-0.05, 0) is 68.1 Å². The largest absolute Gasteiger partial charge is 0.493 e. The van der Waals surface area contributed by atoms with Crippen LogP contribution in [-0.2, 0) is 13.0 Å². The molecule has 0 aliphatic heterocycles. The molecule has 0 spiro atoms. The van der Waals surface area contributed by atoms with Crippen molar-refractivity contribution in [2.24, 2.45) is 0 Å². The smallest absolute Gasteiger partial charge is 0.251 e. The van der Waals surface area contributed by atoms with Crippen molar-refractivity contribution in [1.29, 1.82) is 0 Å². The van der Waals surface area contributed by atoms with Crippen LogP contribution in [0.5, 0.6) is 5.75 Å². The van der Waals surface area contributed by atoms with Gasteiger partial charge in [0, 0.05) is 30.1 Å². The lowest BCUT2D eigenvalue weighted by molar-refractivity contribution is 0.0953. The summed E-state index contributed by atoms with van der Waals surface area (Å²) in [5.74, 6) is 1.90. The summed E-state index contributed by atoms with van der Waals surface area (Å²) in [5.41, 5.74) is 5.02. The molecule has 34 heavy (non-hydrogen) atoms. The van der Waals surface area contributed by atoms with Gasteiger partial charge < -0.3 is 14.6 Å². The number of nitrogens with one attached hydrogen (secondary N) is 1. The topological polar surface area (TPSA) is 56.1 Å². The number of rotatable bonds is 10. The Bertz CT molecular complexity index is 1260. The van der Waals surface area contributed by atoms with Crippen LogP contribution in [0.25, 0.3) is 11.0 Å². The van der Waals surface area contributed by atoms with Gasteiger partial charge in [-0.2, -0.15) is 0 Å². The number of para-hydroxylation sites is 3. The van der Waals surface area contributed by atoms with Crippen LogP contribution in [0.3, 0.4) is 0 Å². The highest BCUT2D eigenvalue weighted by molar-refractivity contribution is 6.30. The zero-order valence-electron chi connectivity index (χ0n) is 19.7. The quantitative estimate of drug-likeness (QED) is 0.280. The van der Waals surface area contributed by atoms with Crippen LogP contribution in [0.15, 0.2) is 66.7 Å². The Morgan fingerprint density at radius 2 is 1.76 bits per heavy atom. The maximum absolute atomic E-state index is 12.4. The number of aromatic nitrogens is 2. The third-order valence-electron chi connectivity index (χ3n) is 5.86. The standard InChI is InChI=1S/C28H30ClN3O2/c1-20-9-5-10-21(2)27(20)34-18-8-17-32-25-14-4-3-13-24(25)31-26(32)15-7-16-30-28(33)22-11-6-12-23(29)19-22/h3-6,9-14,19H,7-8,15-18H2,1-2H3,(H,30,33). The molecule has 0 fully saturated rings. The number of benzene rings is 3. The maximum atomic E-state index is 12.4.